The second kappa shape index (κ2) is 5.48. The molecule has 5 fully saturated rings. The Morgan fingerprint density at radius 3 is 1.95 bits per heavy atom. The predicted octanol–water partition coefficient (Wildman–Crippen LogP) is 4.15. The van der Waals surface area contributed by atoms with Crippen LogP contribution in [-0.2, 0) is 0 Å². The Morgan fingerprint density at radius 2 is 1.45 bits per heavy atom. The van der Waals surface area contributed by atoms with Crippen molar-refractivity contribution in [3.63, 3.8) is 0 Å². The number of hydrogen-bond acceptors (Lipinski definition) is 2. The van der Waals surface area contributed by atoms with Crippen molar-refractivity contribution in [1.29, 1.82) is 0 Å². The van der Waals surface area contributed by atoms with E-state index in [-0.39, 0.29) is 0 Å². The highest BCUT2D eigenvalue weighted by atomic mass is 15.2. The van der Waals surface area contributed by atoms with E-state index in [1.165, 1.54) is 58.0 Å². The standard InChI is InChI=1S/C20H36N2/c1-14(2)22-18-5-6-19(22)10-15(9-18)11-20(3,4)21-12-16-7-17(8-16)13-21/h14-19H,5-13H2,1-4H3. The summed E-state index contributed by atoms with van der Waals surface area (Å²) in [7, 11) is 0. The van der Waals surface area contributed by atoms with E-state index in [0.717, 1.165) is 35.9 Å². The lowest BCUT2D eigenvalue weighted by Crippen LogP contribution is -2.57. The summed E-state index contributed by atoms with van der Waals surface area (Å²) < 4.78 is 0. The van der Waals surface area contributed by atoms with Crippen molar-refractivity contribution in [3.8, 4) is 0 Å². The topological polar surface area (TPSA) is 6.48 Å². The van der Waals surface area contributed by atoms with Gasteiger partial charge >= 0.3 is 0 Å². The highest BCUT2D eigenvalue weighted by molar-refractivity contribution is 5.00. The van der Waals surface area contributed by atoms with Gasteiger partial charge in [-0.3, -0.25) is 9.80 Å². The van der Waals surface area contributed by atoms with E-state index < -0.39 is 0 Å². The summed E-state index contributed by atoms with van der Waals surface area (Å²) in [5, 5.41) is 0. The molecular weight excluding hydrogens is 268 g/mol. The Morgan fingerprint density at radius 1 is 0.909 bits per heavy atom. The van der Waals surface area contributed by atoms with Crippen LogP contribution in [0.5, 0.6) is 0 Å². The molecule has 0 N–H and O–H groups in total. The van der Waals surface area contributed by atoms with Gasteiger partial charge in [0.05, 0.1) is 0 Å². The molecule has 0 aromatic carbocycles. The predicted molar refractivity (Wildman–Crippen MR) is 93.0 cm³/mol. The number of rotatable bonds is 4. The van der Waals surface area contributed by atoms with Crippen LogP contribution in [0, 0.1) is 17.8 Å². The van der Waals surface area contributed by atoms with E-state index in [1.807, 2.05) is 0 Å². The maximum atomic E-state index is 2.85. The fourth-order valence-corrected chi connectivity index (χ4v) is 6.54. The van der Waals surface area contributed by atoms with Crippen LogP contribution in [0.25, 0.3) is 0 Å². The summed E-state index contributed by atoms with van der Waals surface area (Å²) in [6.07, 6.45) is 10.4. The Labute approximate surface area is 137 Å². The van der Waals surface area contributed by atoms with Gasteiger partial charge in [-0.15, -0.1) is 0 Å². The molecule has 4 bridgehead atoms. The monoisotopic (exact) mass is 304 g/mol. The first-order valence-electron chi connectivity index (χ1n) is 9.95. The van der Waals surface area contributed by atoms with E-state index in [2.05, 4.69) is 37.5 Å². The Bertz CT molecular complexity index is 386. The Kier molecular flexibility index (Phi) is 3.85. The molecule has 22 heavy (non-hydrogen) atoms. The molecule has 5 aliphatic rings. The molecule has 2 atom stereocenters. The third-order valence-corrected chi connectivity index (χ3v) is 7.42. The molecule has 0 aromatic rings. The van der Waals surface area contributed by atoms with Crippen molar-refractivity contribution >= 4 is 0 Å². The third kappa shape index (κ3) is 2.65. The first kappa shape index (κ1) is 15.4. The normalized spacial score (nSPS) is 42.7. The number of fused-ring (bicyclic) bond motifs is 4. The molecule has 0 amide bonds. The lowest BCUT2D eigenvalue weighted by Gasteiger charge is -2.54. The van der Waals surface area contributed by atoms with Gasteiger partial charge in [0.1, 0.15) is 0 Å². The van der Waals surface area contributed by atoms with E-state index >= 15 is 0 Å². The number of piperidine rings is 3. The average molecular weight is 305 g/mol. The van der Waals surface area contributed by atoms with Crippen molar-refractivity contribution in [3.05, 3.63) is 0 Å². The molecule has 4 saturated heterocycles. The summed E-state index contributed by atoms with van der Waals surface area (Å²) in [6, 6.07) is 2.55. The highest BCUT2D eigenvalue weighted by Gasteiger charge is 2.46. The van der Waals surface area contributed by atoms with Crippen molar-refractivity contribution in [2.24, 2.45) is 17.8 Å². The lowest BCUT2D eigenvalue weighted by molar-refractivity contribution is -0.0441. The van der Waals surface area contributed by atoms with Crippen molar-refractivity contribution < 1.29 is 0 Å². The second-order valence-corrected chi connectivity index (χ2v) is 9.89. The zero-order valence-electron chi connectivity index (χ0n) is 15.2. The molecule has 5 rings (SSSR count). The third-order valence-electron chi connectivity index (χ3n) is 7.42. The average Bonchev–Trinajstić information content (AvgIpc) is 2.70. The van der Waals surface area contributed by atoms with Gasteiger partial charge in [-0.1, -0.05) is 0 Å². The molecule has 0 aromatic heterocycles. The molecule has 2 unspecified atom stereocenters. The smallest absolute Gasteiger partial charge is 0.0156 e. The van der Waals surface area contributed by atoms with Crippen LogP contribution < -0.4 is 0 Å². The molecule has 126 valence electrons. The van der Waals surface area contributed by atoms with Gasteiger partial charge in [-0.05, 0) is 90.4 Å². The molecule has 4 heterocycles. The largest absolute Gasteiger partial charge is 0.298 e. The van der Waals surface area contributed by atoms with Gasteiger partial charge in [0.2, 0.25) is 0 Å². The summed E-state index contributed by atoms with van der Waals surface area (Å²) in [5.41, 5.74) is 0.432. The molecule has 0 spiro atoms. The van der Waals surface area contributed by atoms with E-state index in [9.17, 15) is 0 Å². The van der Waals surface area contributed by atoms with Crippen LogP contribution in [0.2, 0.25) is 0 Å². The van der Waals surface area contributed by atoms with E-state index in [4.69, 9.17) is 0 Å². The number of hydrogen-bond donors (Lipinski definition) is 0. The fourth-order valence-electron chi connectivity index (χ4n) is 6.54. The Hall–Kier alpha value is -0.0800. The summed E-state index contributed by atoms with van der Waals surface area (Å²) >= 11 is 0. The molecule has 0 radical (unpaired) electrons. The molecule has 2 nitrogen and oxygen atoms in total. The van der Waals surface area contributed by atoms with Gasteiger partial charge in [0, 0.05) is 36.8 Å². The van der Waals surface area contributed by atoms with Gasteiger partial charge in [-0.25, -0.2) is 0 Å². The minimum Gasteiger partial charge on any atom is -0.298 e. The quantitative estimate of drug-likeness (QED) is 0.770. The van der Waals surface area contributed by atoms with Crippen LogP contribution in [-0.4, -0.2) is 46.6 Å². The fraction of sp³-hybridized carbons (Fsp3) is 1.00. The van der Waals surface area contributed by atoms with Gasteiger partial charge < -0.3 is 0 Å². The van der Waals surface area contributed by atoms with Gasteiger partial charge in [0.15, 0.2) is 0 Å². The maximum absolute atomic E-state index is 2.85. The zero-order chi connectivity index (χ0) is 15.5. The van der Waals surface area contributed by atoms with Crippen molar-refractivity contribution in [2.45, 2.75) is 96.3 Å². The highest BCUT2D eigenvalue weighted by Crippen LogP contribution is 2.46. The minimum atomic E-state index is 0.432. The van der Waals surface area contributed by atoms with Crippen LogP contribution >= 0.6 is 0 Å². The number of nitrogens with zero attached hydrogens (tertiary/aromatic N) is 2. The minimum absolute atomic E-state index is 0.432. The zero-order valence-corrected chi connectivity index (χ0v) is 15.2. The van der Waals surface area contributed by atoms with Crippen LogP contribution in [0.1, 0.15) is 72.6 Å². The summed E-state index contributed by atoms with van der Waals surface area (Å²) in [6.45, 7) is 12.6. The molecule has 1 aliphatic carbocycles. The van der Waals surface area contributed by atoms with Gasteiger partial charge in [0.25, 0.3) is 0 Å². The summed E-state index contributed by atoms with van der Waals surface area (Å²) in [4.78, 5) is 5.70. The first-order chi connectivity index (χ1) is 10.4. The van der Waals surface area contributed by atoms with Crippen LogP contribution in [0.15, 0.2) is 0 Å². The van der Waals surface area contributed by atoms with Crippen LogP contribution in [0.4, 0.5) is 0 Å². The molecular formula is C20H36N2. The van der Waals surface area contributed by atoms with Crippen molar-refractivity contribution in [1.82, 2.24) is 9.80 Å². The SMILES string of the molecule is CC(C)N1C2CCC1CC(CC(C)(C)N1CC3CC(C3)C1)C2. The first-order valence-corrected chi connectivity index (χ1v) is 9.95. The lowest BCUT2D eigenvalue weighted by atomic mass is 9.69. The van der Waals surface area contributed by atoms with Crippen LogP contribution in [0.3, 0.4) is 0 Å². The molecule has 4 aliphatic heterocycles. The van der Waals surface area contributed by atoms with E-state index in [1.54, 1.807) is 0 Å². The van der Waals surface area contributed by atoms with Crippen molar-refractivity contribution in [2.75, 3.05) is 13.1 Å². The molecule has 1 saturated carbocycles. The second-order valence-electron chi connectivity index (χ2n) is 9.89. The Balaban J connectivity index is 1.37. The van der Waals surface area contributed by atoms with E-state index in [0.29, 0.717) is 5.54 Å². The summed E-state index contributed by atoms with van der Waals surface area (Å²) in [5.74, 6) is 3.05. The molecule has 2 heteroatoms. The maximum Gasteiger partial charge on any atom is 0.0156 e. The van der Waals surface area contributed by atoms with Gasteiger partial charge in [-0.2, -0.15) is 0 Å².